The third-order valence-corrected chi connectivity index (χ3v) is 3.12. The molecule has 0 aromatic carbocycles. The average Bonchev–Trinajstić information content (AvgIpc) is 2.44. The zero-order chi connectivity index (χ0) is 14.5. The second-order valence-corrected chi connectivity index (χ2v) is 4.91. The zero-order valence-corrected chi connectivity index (χ0v) is 11.7. The molecule has 0 saturated carbocycles. The zero-order valence-electron chi connectivity index (χ0n) is 11.7. The van der Waals surface area contributed by atoms with Crippen LogP contribution in [0.1, 0.15) is 5.56 Å². The van der Waals surface area contributed by atoms with Gasteiger partial charge in [0.1, 0.15) is 5.82 Å². The summed E-state index contributed by atoms with van der Waals surface area (Å²) < 4.78 is 0. The highest BCUT2D eigenvalue weighted by Gasteiger charge is 2.20. The van der Waals surface area contributed by atoms with Gasteiger partial charge in [-0.2, -0.15) is 0 Å². The normalized spacial score (nSPS) is 16.7. The average molecular weight is 277 g/mol. The van der Waals surface area contributed by atoms with Crippen molar-refractivity contribution in [3.8, 4) is 0 Å². The molecule has 108 valence electrons. The number of carbonyl (C=O) groups excluding carboxylic acids is 2. The number of hydrazine groups is 1. The Balaban J connectivity index is 1.83. The Labute approximate surface area is 117 Å². The van der Waals surface area contributed by atoms with Crippen LogP contribution in [0.2, 0.25) is 0 Å². The maximum absolute atomic E-state index is 11.8. The third kappa shape index (κ3) is 4.01. The Morgan fingerprint density at radius 1 is 1.15 bits per heavy atom. The number of likely N-dealkylation sites (N-methyl/N-ethyl adjacent to an activating group) is 1. The van der Waals surface area contributed by atoms with Crippen molar-refractivity contribution < 1.29 is 9.59 Å². The summed E-state index contributed by atoms with van der Waals surface area (Å²) in [5.41, 5.74) is 3.59. The number of rotatable bonds is 2. The topological polar surface area (TPSA) is 77.6 Å². The van der Waals surface area contributed by atoms with E-state index in [0.29, 0.717) is 18.9 Å². The number of nitrogens with zero attached hydrogens (tertiary/aromatic N) is 3. The predicted octanol–water partition coefficient (Wildman–Crippen LogP) is -0.393. The predicted molar refractivity (Wildman–Crippen MR) is 74.8 cm³/mol. The van der Waals surface area contributed by atoms with Crippen LogP contribution in [0.4, 0.5) is 5.82 Å². The molecule has 1 saturated heterocycles. The lowest BCUT2D eigenvalue weighted by molar-refractivity contribution is -0.139. The summed E-state index contributed by atoms with van der Waals surface area (Å²) in [7, 11) is 2.02. The van der Waals surface area contributed by atoms with Crippen LogP contribution in [0.3, 0.4) is 0 Å². The summed E-state index contributed by atoms with van der Waals surface area (Å²) >= 11 is 0. The summed E-state index contributed by atoms with van der Waals surface area (Å²) in [5, 5.41) is 4.22. The minimum atomic E-state index is -0.708. The van der Waals surface area contributed by atoms with E-state index < -0.39 is 11.8 Å². The van der Waals surface area contributed by atoms with Crippen LogP contribution >= 0.6 is 0 Å². The van der Waals surface area contributed by atoms with Gasteiger partial charge >= 0.3 is 11.8 Å². The maximum Gasteiger partial charge on any atom is 0.323 e. The maximum atomic E-state index is 11.8. The smallest absolute Gasteiger partial charge is 0.304 e. The SMILES string of the molecule is Cc1ccc(NC(=O)C(=O)NN2CCN(C)CC2)nc1. The number of piperazine rings is 1. The van der Waals surface area contributed by atoms with E-state index in [1.807, 2.05) is 20.0 Å². The van der Waals surface area contributed by atoms with Gasteiger partial charge in [-0.05, 0) is 25.6 Å². The van der Waals surface area contributed by atoms with Gasteiger partial charge in [-0.25, -0.2) is 9.99 Å². The van der Waals surface area contributed by atoms with Crippen LogP contribution in [0, 0.1) is 6.92 Å². The van der Waals surface area contributed by atoms with E-state index in [1.165, 1.54) is 0 Å². The van der Waals surface area contributed by atoms with E-state index in [4.69, 9.17) is 0 Å². The van der Waals surface area contributed by atoms with Gasteiger partial charge in [-0.15, -0.1) is 0 Å². The van der Waals surface area contributed by atoms with Crippen LogP contribution in [-0.4, -0.2) is 59.9 Å². The molecule has 20 heavy (non-hydrogen) atoms. The molecule has 0 radical (unpaired) electrons. The number of anilines is 1. The van der Waals surface area contributed by atoms with Gasteiger partial charge in [0, 0.05) is 32.4 Å². The van der Waals surface area contributed by atoms with Crippen LogP contribution < -0.4 is 10.7 Å². The lowest BCUT2D eigenvalue weighted by atomic mass is 10.3. The van der Waals surface area contributed by atoms with Crippen molar-refractivity contribution in [2.45, 2.75) is 6.92 Å². The second kappa shape index (κ2) is 6.44. The van der Waals surface area contributed by atoms with Gasteiger partial charge in [-0.1, -0.05) is 6.07 Å². The van der Waals surface area contributed by atoms with Crippen LogP contribution in [-0.2, 0) is 9.59 Å². The van der Waals surface area contributed by atoms with Crippen molar-refractivity contribution in [2.75, 3.05) is 38.5 Å². The molecule has 1 aliphatic rings. The standard InChI is InChI=1S/C13H19N5O2/c1-10-3-4-11(14-9-10)15-12(19)13(20)16-18-7-5-17(2)6-8-18/h3-4,9H,5-8H2,1-2H3,(H,16,20)(H,14,15,19). The summed E-state index contributed by atoms with van der Waals surface area (Å²) in [4.78, 5) is 29.7. The van der Waals surface area contributed by atoms with Crippen molar-refractivity contribution in [1.82, 2.24) is 20.3 Å². The van der Waals surface area contributed by atoms with E-state index in [1.54, 1.807) is 17.3 Å². The van der Waals surface area contributed by atoms with E-state index in [2.05, 4.69) is 20.6 Å². The first kappa shape index (κ1) is 14.4. The van der Waals surface area contributed by atoms with Crippen LogP contribution in [0.15, 0.2) is 18.3 Å². The van der Waals surface area contributed by atoms with Gasteiger partial charge in [0.25, 0.3) is 0 Å². The first-order valence-electron chi connectivity index (χ1n) is 6.53. The van der Waals surface area contributed by atoms with Gasteiger partial charge in [-0.3, -0.25) is 15.0 Å². The Hall–Kier alpha value is -1.99. The molecule has 2 heterocycles. The molecule has 0 atom stereocenters. The molecule has 2 rings (SSSR count). The molecule has 7 nitrogen and oxygen atoms in total. The lowest BCUT2D eigenvalue weighted by Gasteiger charge is -2.32. The van der Waals surface area contributed by atoms with Gasteiger partial charge in [0.05, 0.1) is 0 Å². The highest BCUT2D eigenvalue weighted by molar-refractivity contribution is 6.39. The Morgan fingerprint density at radius 2 is 1.85 bits per heavy atom. The number of nitrogens with one attached hydrogen (secondary N) is 2. The first-order valence-corrected chi connectivity index (χ1v) is 6.53. The lowest BCUT2D eigenvalue weighted by Crippen LogP contribution is -2.54. The van der Waals surface area contributed by atoms with E-state index in [0.717, 1.165) is 18.7 Å². The highest BCUT2D eigenvalue weighted by atomic mass is 16.2. The van der Waals surface area contributed by atoms with Gasteiger partial charge in [0.2, 0.25) is 0 Å². The van der Waals surface area contributed by atoms with E-state index in [-0.39, 0.29) is 0 Å². The minimum Gasteiger partial charge on any atom is -0.304 e. The van der Waals surface area contributed by atoms with Crippen LogP contribution in [0.25, 0.3) is 0 Å². The fourth-order valence-electron chi connectivity index (χ4n) is 1.83. The number of pyridine rings is 1. The minimum absolute atomic E-state index is 0.370. The molecule has 2 N–H and O–H groups in total. The Morgan fingerprint density at radius 3 is 2.45 bits per heavy atom. The number of aromatic nitrogens is 1. The van der Waals surface area contributed by atoms with Crippen molar-refractivity contribution in [2.24, 2.45) is 0 Å². The molecule has 2 amide bonds. The summed E-state index contributed by atoms with van der Waals surface area (Å²) in [5.74, 6) is -1.01. The molecule has 1 aromatic heterocycles. The van der Waals surface area contributed by atoms with Crippen LogP contribution in [0.5, 0.6) is 0 Å². The van der Waals surface area contributed by atoms with Gasteiger partial charge < -0.3 is 10.2 Å². The third-order valence-electron chi connectivity index (χ3n) is 3.12. The quantitative estimate of drug-likeness (QED) is 0.720. The molecule has 7 heteroatoms. The van der Waals surface area contributed by atoms with Crippen molar-refractivity contribution in [1.29, 1.82) is 0 Å². The molecular weight excluding hydrogens is 258 g/mol. The summed E-state index contributed by atoms with van der Waals surface area (Å²) in [6.45, 7) is 5.04. The molecule has 1 fully saturated rings. The van der Waals surface area contributed by atoms with Crippen molar-refractivity contribution in [3.05, 3.63) is 23.9 Å². The molecule has 1 aromatic rings. The fourth-order valence-corrected chi connectivity index (χ4v) is 1.83. The number of carbonyl (C=O) groups is 2. The highest BCUT2D eigenvalue weighted by Crippen LogP contribution is 2.03. The Bertz CT molecular complexity index is 480. The molecule has 0 aliphatic carbocycles. The monoisotopic (exact) mass is 277 g/mol. The largest absolute Gasteiger partial charge is 0.323 e. The molecule has 0 bridgehead atoms. The number of amides is 2. The van der Waals surface area contributed by atoms with Crippen molar-refractivity contribution >= 4 is 17.6 Å². The first-order chi connectivity index (χ1) is 9.54. The molecule has 1 aliphatic heterocycles. The van der Waals surface area contributed by atoms with E-state index >= 15 is 0 Å². The van der Waals surface area contributed by atoms with Crippen molar-refractivity contribution in [3.63, 3.8) is 0 Å². The van der Waals surface area contributed by atoms with Gasteiger partial charge in [0.15, 0.2) is 0 Å². The Kier molecular flexibility index (Phi) is 4.65. The number of hydrogen-bond donors (Lipinski definition) is 2. The number of aryl methyl sites for hydroxylation is 1. The second-order valence-electron chi connectivity index (χ2n) is 4.91. The molecule has 0 spiro atoms. The summed E-state index contributed by atoms with van der Waals surface area (Å²) in [6.07, 6.45) is 1.63. The molecule has 0 unspecified atom stereocenters. The fraction of sp³-hybridized carbons (Fsp3) is 0.462. The number of hydrogen-bond acceptors (Lipinski definition) is 5. The van der Waals surface area contributed by atoms with E-state index in [9.17, 15) is 9.59 Å². The molecular formula is C13H19N5O2. The summed E-state index contributed by atoms with van der Waals surface area (Å²) in [6, 6.07) is 3.48.